The van der Waals surface area contributed by atoms with Gasteiger partial charge in [-0.3, -0.25) is 0 Å². The lowest BCUT2D eigenvalue weighted by Crippen LogP contribution is -2.41. The summed E-state index contributed by atoms with van der Waals surface area (Å²) in [4.78, 5) is 2.31. The zero-order chi connectivity index (χ0) is 13.0. The lowest BCUT2D eigenvalue weighted by Gasteiger charge is -2.28. The molecule has 0 amide bonds. The molecule has 0 saturated carbocycles. The zero-order valence-electron chi connectivity index (χ0n) is 11.3. The van der Waals surface area contributed by atoms with Crippen molar-refractivity contribution in [2.24, 2.45) is 0 Å². The average Bonchev–Trinajstić information content (AvgIpc) is 2.55. The molecule has 5 heteroatoms. The second-order valence-corrected chi connectivity index (χ2v) is 5.79. The van der Waals surface area contributed by atoms with Gasteiger partial charge in [0.1, 0.15) is 0 Å². The smallest absolute Gasteiger partial charge is 0.263 e. The van der Waals surface area contributed by atoms with Crippen molar-refractivity contribution in [2.45, 2.75) is 59.7 Å². The second-order valence-electron chi connectivity index (χ2n) is 4.63. The zero-order valence-corrected chi connectivity index (χ0v) is 12.1. The van der Waals surface area contributed by atoms with Gasteiger partial charge in [-0.05, 0) is 39.0 Å². The van der Waals surface area contributed by atoms with E-state index in [9.17, 15) is 0 Å². The number of hydrogen-bond acceptors (Lipinski definition) is 4. The SMILES string of the molecule is Cc1sc(N(C(C)C)C(C)C)n[n+]1CCC#N. The standard InChI is InChI=1S/C12H21N4S/c1-9(2)16(10(3)4)12-14-15(8-6-7-13)11(5)17-12/h9-10H,6,8H2,1-5H3/q+1. The van der Waals surface area contributed by atoms with E-state index in [1.54, 1.807) is 11.3 Å². The topological polar surface area (TPSA) is 43.8 Å². The molecule has 0 atom stereocenters. The number of aryl methyl sites for hydroxylation is 2. The van der Waals surface area contributed by atoms with E-state index in [1.807, 2.05) is 4.68 Å². The molecule has 94 valence electrons. The number of aromatic nitrogens is 2. The molecule has 0 fully saturated rings. The highest BCUT2D eigenvalue weighted by Gasteiger charge is 2.24. The Bertz CT molecular complexity index is 395. The van der Waals surface area contributed by atoms with Crippen molar-refractivity contribution in [1.82, 2.24) is 5.10 Å². The van der Waals surface area contributed by atoms with Crippen LogP contribution in [0.1, 0.15) is 39.1 Å². The summed E-state index contributed by atoms with van der Waals surface area (Å²) in [5, 5.41) is 15.4. The van der Waals surface area contributed by atoms with Gasteiger partial charge in [-0.2, -0.15) is 5.26 Å². The van der Waals surface area contributed by atoms with Gasteiger partial charge in [0.05, 0.1) is 12.5 Å². The Hall–Kier alpha value is -1.15. The highest BCUT2D eigenvalue weighted by molar-refractivity contribution is 7.14. The van der Waals surface area contributed by atoms with Crippen molar-refractivity contribution < 1.29 is 4.68 Å². The van der Waals surface area contributed by atoms with Crippen LogP contribution in [0.4, 0.5) is 5.13 Å². The van der Waals surface area contributed by atoms with Crippen molar-refractivity contribution in [1.29, 1.82) is 5.26 Å². The van der Waals surface area contributed by atoms with E-state index in [0.29, 0.717) is 25.0 Å². The Kier molecular flexibility index (Phi) is 4.88. The maximum absolute atomic E-state index is 8.61. The van der Waals surface area contributed by atoms with Gasteiger partial charge in [-0.25, -0.2) is 0 Å². The minimum atomic E-state index is 0.435. The maximum atomic E-state index is 8.61. The molecule has 0 aliphatic carbocycles. The van der Waals surface area contributed by atoms with E-state index in [2.05, 4.69) is 50.7 Å². The molecule has 0 saturated heterocycles. The van der Waals surface area contributed by atoms with E-state index in [0.717, 1.165) is 10.1 Å². The third-order valence-electron chi connectivity index (χ3n) is 2.58. The fraction of sp³-hybridized carbons (Fsp3) is 0.750. The number of anilines is 1. The normalized spacial score (nSPS) is 10.9. The summed E-state index contributed by atoms with van der Waals surface area (Å²) >= 11 is 1.70. The van der Waals surface area contributed by atoms with Gasteiger partial charge < -0.3 is 4.90 Å². The van der Waals surface area contributed by atoms with Crippen LogP contribution >= 0.6 is 11.3 Å². The van der Waals surface area contributed by atoms with Gasteiger partial charge in [0.2, 0.25) is 0 Å². The minimum Gasteiger partial charge on any atom is -0.338 e. The van der Waals surface area contributed by atoms with Crippen LogP contribution in [-0.4, -0.2) is 17.2 Å². The molecule has 0 aliphatic heterocycles. The predicted octanol–water partition coefficient (Wildman–Crippen LogP) is 2.28. The van der Waals surface area contributed by atoms with Crippen molar-refractivity contribution in [3.8, 4) is 6.07 Å². The first kappa shape index (κ1) is 13.9. The highest BCUT2D eigenvalue weighted by Crippen LogP contribution is 2.23. The molecule has 0 N–H and O–H groups in total. The van der Waals surface area contributed by atoms with E-state index in [4.69, 9.17) is 5.26 Å². The first-order valence-electron chi connectivity index (χ1n) is 6.00. The molecular formula is C12H21N4S+. The summed E-state index contributed by atoms with van der Waals surface area (Å²) in [7, 11) is 0. The predicted molar refractivity (Wildman–Crippen MR) is 70.0 cm³/mol. The van der Waals surface area contributed by atoms with Gasteiger partial charge >= 0.3 is 0 Å². The summed E-state index contributed by atoms with van der Waals surface area (Å²) in [5.74, 6) is 0. The molecule has 17 heavy (non-hydrogen) atoms. The Morgan fingerprint density at radius 3 is 2.41 bits per heavy atom. The van der Waals surface area contributed by atoms with Gasteiger partial charge in [-0.1, -0.05) is 4.68 Å². The van der Waals surface area contributed by atoms with E-state index >= 15 is 0 Å². The van der Waals surface area contributed by atoms with E-state index in [-0.39, 0.29) is 0 Å². The van der Waals surface area contributed by atoms with Crippen LogP contribution in [-0.2, 0) is 6.54 Å². The van der Waals surface area contributed by atoms with Gasteiger partial charge in [0.15, 0.2) is 6.54 Å². The van der Waals surface area contributed by atoms with Gasteiger partial charge in [0.25, 0.3) is 10.1 Å². The van der Waals surface area contributed by atoms with Crippen molar-refractivity contribution in [3.63, 3.8) is 0 Å². The summed E-state index contributed by atoms with van der Waals surface area (Å²) in [6, 6.07) is 3.03. The Balaban J connectivity index is 2.94. The monoisotopic (exact) mass is 253 g/mol. The van der Waals surface area contributed by atoms with E-state index in [1.165, 1.54) is 0 Å². The third-order valence-corrected chi connectivity index (χ3v) is 3.56. The molecule has 0 aromatic carbocycles. The Morgan fingerprint density at radius 1 is 1.35 bits per heavy atom. The molecule has 1 aromatic rings. The van der Waals surface area contributed by atoms with Crippen LogP contribution in [0.15, 0.2) is 0 Å². The lowest BCUT2D eigenvalue weighted by atomic mass is 10.2. The number of nitriles is 1. The summed E-state index contributed by atoms with van der Waals surface area (Å²) < 4.78 is 1.93. The first-order chi connectivity index (χ1) is 7.97. The molecule has 4 nitrogen and oxygen atoms in total. The molecule has 0 unspecified atom stereocenters. The molecular weight excluding hydrogens is 232 g/mol. The molecule has 1 heterocycles. The van der Waals surface area contributed by atoms with Crippen molar-refractivity contribution in [2.75, 3.05) is 4.90 Å². The minimum absolute atomic E-state index is 0.435. The Morgan fingerprint density at radius 2 is 1.94 bits per heavy atom. The van der Waals surface area contributed by atoms with Gasteiger partial charge in [-0.15, -0.1) is 0 Å². The van der Waals surface area contributed by atoms with Crippen LogP contribution in [0.25, 0.3) is 0 Å². The first-order valence-corrected chi connectivity index (χ1v) is 6.81. The molecule has 1 rings (SSSR count). The number of hydrogen-bond donors (Lipinski definition) is 0. The second kappa shape index (κ2) is 5.97. The van der Waals surface area contributed by atoms with E-state index < -0.39 is 0 Å². The highest BCUT2D eigenvalue weighted by atomic mass is 32.1. The number of nitrogens with zero attached hydrogens (tertiary/aromatic N) is 4. The number of rotatable bonds is 5. The molecule has 0 spiro atoms. The summed E-state index contributed by atoms with van der Waals surface area (Å²) in [6.45, 7) is 11.4. The summed E-state index contributed by atoms with van der Waals surface area (Å²) in [5.41, 5.74) is 0. The van der Waals surface area contributed by atoms with Crippen LogP contribution in [0.2, 0.25) is 0 Å². The van der Waals surface area contributed by atoms with Crippen LogP contribution in [0, 0.1) is 18.3 Å². The lowest BCUT2D eigenvalue weighted by molar-refractivity contribution is -0.752. The fourth-order valence-corrected chi connectivity index (χ4v) is 3.05. The third kappa shape index (κ3) is 3.40. The quantitative estimate of drug-likeness (QED) is 0.756. The van der Waals surface area contributed by atoms with Crippen LogP contribution in [0.3, 0.4) is 0 Å². The fourth-order valence-electron chi connectivity index (χ4n) is 1.88. The Labute approximate surface area is 107 Å². The summed E-state index contributed by atoms with van der Waals surface area (Å²) in [6.07, 6.45) is 0.512. The average molecular weight is 253 g/mol. The molecule has 0 radical (unpaired) electrons. The molecule has 0 aliphatic rings. The van der Waals surface area contributed by atoms with Gasteiger partial charge in [0, 0.05) is 24.1 Å². The molecule has 0 bridgehead atoms. The largest absolute Gasteiger partial charge is 0.338 e. The maximum Gasteiger partial charge on any atom is 0.263 e. The molecule has 1 aromatic heterocycles. The van der Waals surface area contributed by atoms with Crippen molar-refractivity contribution >= 4 is 16.5 Å². The van der Waals surface area contributed by atoms with Crippen molar-refractivity contribution in [3.05, 3.63) is 5.01 Å². The van der Waals surface area contributed by atoms with Crippen LogP contribution in [0.5, 0.6) is 0 Å². The van der Waals surface area contributed by atoms with Crippen LogP contribution < -0.4 is 9.58 Å².